The minimum Gasteiger partial charge on any atom is -0.492 e. The van der Waals surface area contributed by atoms with E-state index in [1.165, 1.54) is 12.1 Å². The summed E-state index contributed by atoms with van der Waals surface area (Å²) >= 11 is 0. The predicted molar refractivity (Wildman–Crippen MR) is 150 cm³/mol. The van der Waals surface area contributed by atoms with Crippen LogP contribution in [0.4, 0.5) is 10.1 Å². The topological polar surface area (TPSA) is 84.8 Å². The number of carbonyl (C=O) groups is 1. The van der Waals surface area contributed by atoms with Gasteiger partial charge in [0, 0.05) is 42.5 Å². The molecular weight excluding hydrogens is 497 g/mol. The van der Waals surface area contributed by atoms with Gasteiger partial charge in [-0.25, -0.2) is 9.18 Å². The SMILES string of the molecule is Cc1ncc(-c2ccc(OCCc3ccc(F)cc3)cn2)c(N2CCC(C)(C)CC2)c1C(OC(C)C)C(=O)O. The van der Waals surface area contributed by atoms with Gasteiger partial charge >= 0.3 is 5.97 Å². The molecular formula is C31H38FN3O4. The maximum atomic E-state index is 13.1. The van der Waals surface area contributed by atoms with Gasteiger partial charge in [0.1, 0.15) is 11.6 Å². The quantitative estimate of drug-likeness (QED) is 0.322. The molecule has 8 heteroatoms. The molecule has 1 unspecified atom stereocenters. The van der Waals surface area contributed by atoms with Crippen LogP contribution in [-0.2, 0) is 16.0 Å². The molecule has 1 aliphatic heterocycles. The van der Waals surface area contributed by atoms with Crippen molar-refractivity contribution in [3.05, 3.63) is 71.4 Å². The Balaban J connectivity index is 1.65. The predicted octanol–water partition coefficient (Wildman–Crippen LogP) is 6.39. The summed E-state index contributed by atoms with van der Waals surface area (Å²) in [6, 6.07) is 10.1. The molecule has 1 N–H and O–H groups in total. The lowest BCUT2D eigenvalue weighted by Gasteiger charge is -2.40. The molecule has 1 saturated heterocycles. The Morgan fingerprint density at radius 2 is 1.77 bits per heavy atom. The summed E-state index contributed by atoms with van der Waals surface area (Å²) in [7, 11) is 0. The fraction of sp³-hybridized carbons (Fsp3) is 0.452. The van der Waals surface area contributed by atoms with Crippen LogP contribution in [0, 0.1) is 18.2 Å². The highest BCUT2D eigenvalue weighted by atomic mass is 19.1. The van der Waals surface area contributed by atoms with Crippen LogP contribution in [0.3, 0.4) is 0 Å². The Kier molecular flexibility index (Phi) is 8.85. The van der Waals surface area contributed by atoms with Crippen LogP contribution in [0.1, 0.15) is 63.5 Å². The van der Waals surface area contributed by atoms with Gasteiger partial charge in [0.05, 0.1) is 30.3 Å². The fourth-order valence-corrected chi connectivity index (χ4v) is 4.87. The molecule has 3 heterocycles. The number of aromatic nitrogens is 2. The molecule has 7 nitrogen and oxygen atoms in total. The van der Waals surface area contributed by atoms with Crippen molar-refractivity contribution in [2.45, 2.75) is 66.1 Å². The number of aliphatic carboxylic acids is 1. The van der Waals surface area contributed by atoms with Crippen molar-refractivity contribution in [1.82, 2.24) is 9.97 Å². The maximum Gasteiger partial charge on any atom is 0.337 e. The number of pyridine rings is 2. The van der Waals surface area contributed by atoms with E-state index in [1.54, 1.807) is 24.5 Å². The molecule has 0 aliphatic carbocycles. The first-order chi connectivity index (χ1) is 18.5. The number of carboxylic acids is 1. The van der Waals surface area contributed by atoms with E-state index in [4.69, 9.17) is 9.47 Å². The van der Waals surface area contributed by atoms with E-state index in [1.807, 2.05) is 32.9 Å². The Bertz CT molecular complexity index is 1270. The molecule has 0 saturated carbocycles. The van der Waals surface area contributed by atoms with Crippen LogP contribution in [0.15, 0.2) is 48.8 Å². The number of halogens is 1. The summed E-state index contributed by atoms with van der Waals surface area (Å²) in [5.41, 5.74) is 4.70. The van der Waals surface area contributed by atoms with Crippen molar-refractivity contribution in [3.8, 4) is 17.0 Å². The molecule has 1 aliphatic rings. The summed E-state index contributed by atoms with van der Waals surface area (Å²) in [5, 5.41) is 10.2. The Labute approximate surface area is 230 Å². The highest BCUT2D eigenvalue weighted by Crippen LogP contribution is 2.42. The average molecular weight is 536 g/mol. The normalized spacial score (nSPS) is 15.8. The zero-order chi connectivity index (χ0) is 28.2. The van der Waals surface area contributed by atoms with Gasteiger partial charge in [0.15, 0.2) is 6.10 Å². The zero-order valence-electron chi connectivity index (χ0n) is 23.4. The van der Waals surface area contributed by atoms with Gasteiger partial charge in [-0.1, -0.05) is 26.0 Å². The van der Waals surface area contributed by atoms with Crippen LogP contribution in [0.2, 0.25) is 0 Å². The number of carboxylic acid groups (broad SMARTS) is 1. The molecule has 0 amide bonds. The summed E-state index contributed by atoms with van der Waals surface area (Å²) in [6.07, 6.45) is 4.66. The second-order valence-corrected chi connectivity index (χ2v) is 11.2. The molecule has 208 valence electrons. The van der Waals surface area contributed by atoms with Gasteiger partial charge in [0.25, 0.3) is 0 Å². The Morgan fingerprint density at radius 1 is 1.08 bits per heavy atom. The lowest BCUT2D eigenvalue weighted by Crippen LogP contribution is -2.39. The number of nitrogens with zero attached hydrogens (tertiary/aromatic N) is 3. The number of anilines is 1. The Morgan fingerprint density at radius 3 is 2.36 bits per heavy atom. The lowest BCUT2D eigenvalue weighted by atomic mass is 9.82. The summed E-state index contributed by atoms with van der Waals surface area (Å²) < 4.78 is 24.9. The van der Waals surface area contributed by atoms with Crippen molar-refractivity contribution in [2.24, 2.45) is 5.41 Å². The van der Waals surface area contributed by atoms with Crippen LogP contribution in [0.25, 0.3) is 11.3 Å². The first kappa shape index (κ1) is 28.5. The number of hydrogen-bond acceptors (Lipinski definition) is 6. The second-order valence-electron chi connectivity index (χ2n) is 11.2. The third-order valence-electron chi connectivity index (χ3n) is 7.20. The van der Waals surface area contributed by atoms with Gasteiger partial charge in [-0.15, -0.1) is 0 Å². The van der Waals surface area contributed by atoms with Gasteiger partial charge in [0.2, 0.25) is 0 Å². The van der Waals surface area contributed by atoms with E-state index in [-0.39, 0.29) is 17.3 Å². The molecule has 39 heavy (non-hydrogen) atoms. The van der Waals surface area contributed by atoms with Crippen molar-refractivity contribution in [3.63, 3.8) is 0 Å². The van der Waals surface area contributed by atoms with Crippen LogP contribution in [0.5, 0.6) is 5.75 Å². The third-order valence-corrected chi connectivity index (χ3v) is 7.20. The van der Waals surface area contributed by atoms with E-state index in [9.17, 15) is 14.3 Å². The molecule has 3 aromatic rings. The highest BCUT2D eigenvalue weighted by Gasteiger charge is 2.34. The van der Waals surface area contributed by atoms with E-state index < -0.39 is 12.1 Å². The fourth-order valence-electron chi connectivity index (χ4n) is 4.87. The van der Waals surface area contributed by atoms with Crippen LogP contribution in [-0.4, -0.2) is 46.8 Å². The standard InChI is InChI=1S/C31H38FN3O4/c1-20(2)39-29(30(36)37)27-21(3)33-19-25(28(27)35-15-13-31(4,5)14-16-35)26-11-10-24(18-34-26)38-17-12-22-6-8-23(32)9-7-22/h6-11,18-20,29H,12-17H2,1-5H3,(H,36,37). The highest BCUT2D eigenvalue weighted by molar-refractivity contribution is 5.85. The number of ether oxygens (including phenoxy) is 2. The minimum atomic E-state index is -1.14. The van der Waals surface area contributed by atoms with Gasteiger partial charge < -0.3 is 19.5 Å². The number of hydrogen-bond donors (Lipinski definition) is 1. The Hall–Kier alpha value is -3.52. The van der Waals surface area contributed by atoms with Crippen molar-refractivity contribution in [2.75, 3.05) is 24.6 Å². The van der Waals surface area contributed by atoms with Crippen molar-refractivity contribution >= 4 is 11.7 Å². The van der Waals surface area contributed by atoms with E-state index >= 15 is 0 Å². The maximum absolute atomic E-state index is 13.1. The number of rotatable bonds is 10. The molecule has 2 aromatic heterocycles. The average Bonchev–Trinajstić information content (AvgIpc) is 2.89. The molecule has 0 spiro atoms. The smallest absolute Gasteiger partial charge is 0.337 e. The minimum absolute atomic E-state index is 0.227. The lowest BCUT2D eigenvalue weighted by molar-refractivity contribution is -0.153. The molecule has 0 radical (unpaired) electrons. The zero-order valence-corrected chi connectivity index (χ0v) is 23.4. The van der Waals surface area contributed by atoms with Gasteiger partial charge in [-0.2, -0.15) is 0 Å². The first-order valence-corrected chi connectivity index (χ1v) is 13.5. The number of aryl methyl sites for hydroxylation is 1. The van der Waals surface area contributed by atoms with E-state index in [0.29, 0.717) is 35.7 Å². The molecule has 1 fully saturated rings. The van der Waals surface area contributed by atoms with Crippen molar-refractivity contribution in [1.29, 1.82) is 0 Å². The molecule has 0 bridgehead atoms. The monoisotopic (exact) mass is 535 g/mol. The number of piperidine rings is 1. The molecule has 4 rings (SSSR count). The van der Waals surface area contributed by atoms with E-state index in [2.05, 4.69) is 28.7 Å². The largest absolute Gasteiger partial charge is 0.492 e. The van der Waals surface area contributed by atoms with Crippen LogP contribution >= 0.6 is 0 Å². The van der Waals surface area contributed by atoms with Crippen LogP contribution < -0.4 is 9.64 Å². The second kappa shape index (κ2) is 12.1. The first-order valence-electron chi connectivity index (χ1n) is 13.5. The molecule has 1 atom stereocenters. The summed E-state index contributed by atoms with van der Waals surface area (Å²) in [5.74, 6) is -0.678. The van der Waals surface area contributed by atoms with E-state index in [0.717, 1.165) is 42.7 Å². The van der Waals surface area contributed by atoms with Gasteiger partial charge in [-0.3, -0.25) is 9.97 Å². The summed E-state index contributed by atoms with van der Waals surface area (Å²) in [6.45, 7) is 12.1. The van der Waals surface area contributed by atoms with Gasteiger partial charge in [-0.05, 0) is 68.9 Å². The van der Waals surface area contributed by atoms with Crippen molar-refractivity contribution < 1.29 is 23.8 Å². The summed E-state index contributed by atoms with van der Waals surface area (Å²) in [4.78, 5) is 23.9. The number of benzene rings is 1. The third kappa shape index (κ3) is 7.12. The molecule has 1 aromatic carbocycles.